The Bertz CT molecular complexity index is 1730. The molecule has 2 nitrogen and oxygen atoms in total. The van der Waals surface area contributed by atoms with E-state index >= 15 is 0 Å². The van der Waals surface area contributed by atoms with Crippen LogP contribution in [0.15, 0.2) is 140 Å². The van der Waals surface area contributed by atoms with E-state index in [9.17, 15) is 0 Å². The number of benzene rings is 4. The molecule has 223 valence electrons. The zero-order valence-corrected chi connectivity index (χ0v) is 28.2. The summed E-state index contributed by atoms with van der Waals surface area (Å²) >= 11 is 0. The van der Waals surface area contributed by atoms with Crippen LogP contribution in [-0.4, -0.2) is 9.97 Å². The molecule has 2 aromatic heterocycles. The molecule has 4 aromatic carbocycles. The molecule has 1 unspecified atom stereocenters. The van der Waals surface area contributed by atoms with Crippen LogP contribution in [0.5, 0.6) is 0 Å². The minimum absolute atomic E-state index is 0. The number of hydrogen-bond acceptors (Lipinski definition) is 2. The first-order chi connectivity index (χ1) is 20.9. The Morgan fingerprint density at radius 1 is 0.591 bits per heavy atom. The van der Waals surface area contributed by atoms with Crippen molar-refractivity contribution in [2.24, 2.45) is 0 Å². The van der Waals surface area contributed by atoms with Crippen LogP contribution in [0.4, 0.5) is 0 Å². The molecule has 0 aliphatic heterocycles. The third-order valence-electron chi connectivity index (χ3n) is 7.59. The van der Waals surface area contributed by atoms with Crippen molar-refractivity contribution in [2.75, 3.05) is 0 Å². The van der Waals surface area contributed by atoms with Crippen molar-refractivity contribution < 1.29 is 20.1 Å². The van der Waals surface area contributed by atoms with Crippen molar-refractivity contribution in [3.05, 3.63) is 180 Å². The van der Waals surface area contributed by atoms with Gasteiger partial charge in [0.15, 0.2) is 0 Å². The monoisotopic (exact) mass is 751 g/mol. The summed E-state index contributed by atoms with van der Waals surface area (Å²) in [7, 11) is 0. The van der Waals surface area contributed by atoms with Gasteiger partial charge in [-0.2, -0.15) is 0 Å². The number of hydrogen-bond donors (Lipinski definition) is 0. The van der Waals surface area contributed by atoms with Crippen LogP contribution in [-0.2, 0) is 31.9 Å². The van der Waals surface area contributed by atoms with E-state index < -0.39 is 0 Å². The van der Waals surface area contributed by atoms with Gasteiger partial charge < -0.3 is 9.97 Å². The Morgan fingerprint density at radius 3 is 1.91 bits per heavy atom. The summed E-state index contributed by atoms with van der Waals surface area (Å²) in [5.74, 6) is 0.363. The molecule has 0 amide bonds. The minimum Gasteiger partial charge on any atom is -0.305 e. The van der Waals surface area contributed by atoms with Crippen LogP contribution in [0.3, 0.4) is 0 Å². The van der Waals surface area contributed by atoms with E-state index in [0.717, 1.165) is 28.9 Å². The quantitative estimate of drug-likeness (QED) is 0.159. The SMILES string of the molecule is CC(C)(C)c1cc[c-]c(-c2cc(Cc3ccccc3)ccn2)c1.CC(c1ccccc1)c1ccnc(-c2[c-]cccc2)c1.[Ir]. The van der Waals surface area contributed by atoms with Gasteiger partial charge in [-0.3, -0.25) is 0 Å². The fraction of sp³-hybridized carbons (Fsp3) is 0.171. The predicted octanol–water partition coefficient (Wildman–Crippen LogP) is 10.1. The summed E-state index contributed by atoms with van der Waals surface area (Å²) in [5.41, 5.74) is 10.7. The molecule has 0 N–H and O–H groups in total. The van der Waals surface area contributed by atoms with Gasteiger partial charge in [-0.1, -0.05) is 100 Å². The molecule has 0 fully saturated rings. The minimum atomic E-state index is 0. The first kappa shape index (κ1) is 32.7. The van der Waals surface area contributed by atoms with Crippen LogP contribution in [0.1, 0.15) is 61.4 Å². The molecular formula is C41H38IrN2-2. The first-order valence-corrected chi connectivity index (χ1v) is 14.9. The van der Waals surface area contributed by atoms with Gasteiger partial charge in [0.1, 0.15) is 0 Å². The van der Waals surface area contributed by atoms with Crippen molar-refractivity contribution >= 4 is 0 Å². The van der Waals surface area contributed by atoms with Crippen molar-refractivity contribution in [2.45, 2.75) is 45.4 Å². The number of pyridine rings is 2. The predicted molar refractivity (Wildman–Crippen MR) is 179 cm³/mol. The van der Waals surface area contributed by atoms with Gasteiger partial charge in [0.05, 0.1) is 0 Å². The van der Waals surface area contributed by atoms with E-state index in [4.69, 9.17) is 0 Å². The first-order valence-electron chi connectivity index (χ1n) is 14.9. The molecule has 6 rings (SSSR count). The van der Waals surface area contributed by atoms with Crippen LogP contribution in [0.2, 0.25) is 0 Å². The molecule has 0 saturated carbocycles. The third-order valence-corrected chi connectivity index (χ3v) is 7.59. The molecule has 0 aliphatic rings. The van der Waals surface area contributed by atoms with Gasteiger partial charge >= 0.3 is 0 Å². The Balaban J connectivity index is 0.000000198. The Kier molecular flexibility index (Phi) is 11.5. The Morgan fingerprint density at radius 2 is 1.23 bits per heavy atom. The Labute approximate surface area is 276 Å². The number of rotatable bonds is 6. The van der Waals surface area contributed by atoms with E-state index in [-0.39, 0.29) is 25.5 Å². The van der Waals surface area contributed by atoms with Crippen molar-refractivity contribution in [1.29, 1.82) is 0 Å². The maximum Gasteiger partial charge on any atom is 0.0163 e. The second-order valence-electron chi connectivity index (χ2n) is 11.8. The summed E-state index contributed by atoms with van der Waals surface area (Å²) in [5, 5.41) is 0. The zero-order valence-electron chi connectivity index (χ0n) is 25.8. The second kappa shape index (κ2) is 15.5. The molecular weight excluding hydrogens is 713 g/mol. The molecule has 1 atom stereocenters. The fourth-order valence-corrected chi connectivity index (χ4v) is 4.99. The molecule has 0 bridgehead atoms. The summed E-state index contributed by atoms with van der Waals surface area (Å²) in [6.45, 7) is 8.91. The Hall–Kier alpha value is -4.17. The zero-order chi connectivity index (χ0) is 30.1. The summed E-state index contributed by atoms with van der Waals surface area (Å²) in [6, 6.07) is 50.4. The molecule has 44 heavy (non-hydrogen) atoms. The van der Waals surface area contributed by atoms with Gasteiger partial charge in [-0.25, -0.2) is 0 Å². The maximum atomic E-state index is 4.54. The fourth-order valence-electron chi connectivity index (χ4n) is 4.99. The molecule has 6 aromatic rings. The second-order valence-corrected chi connectivity index (χ2v) is 11.8. The topological polar surface area (TPSA) is 25.8 Å². The smallest absolute Gasteiger partial charge is 0.0163 e. The molecule has 0 aliphatic carbocycles. The van der Waals surface area contributed by atoms with Crippen LogP contribution < -0.4 is 0 Å². The van der Waals surface area contributed by atoms with Crippen molar-refractivity contribution in [1.82, 2.24) is 9.97 Å². The standard InChI is InChI=1S/C22H22N.C19H16N.Ir/c1-22(2,3)20-11-7-10-19(16-20)21-15-18(12-13-23-21)14-17-8-5-4-6-9-17;1-15(16-8-4-2-5-9-16)18-12-13-20-19(14-18)17-10-6-3-7-11-17;/h4-9,11-13,15-16H,14H2,1-3H3;2-10,12-15H,1H3;/q2*-1;. The summed E-state index contributed by atoms with van der Waals surface area (Å²) in [6.07, 6.45) is 4.70. The number of aromatic nitrogens is 2. The average Bonchev–Trinajstić information content (AvgIpc) is 3.06. The molecule has 2 heterocycles. The largest absolute Gasteiger partial charge is 0.305 e. The summed E-state index contributed by atoms with van der Waals surface area (Å²) in [4.78, 5) is 9.00. The third kappa shape index (κ3) is 8.92. The normalized spacial score (nSPS) is 11.5. The summed E-state index contributed by atoms with van der Waals surface area (Å²) < 4.78 is 0. The van der Waals surface area contributed by atoms with Crippen LogP contribution in [0.25, 0.3) is 22.5 Å². The average molecular weight is 751 g/mol. The van der Waals surface area contributed by atoms with E-state index in [1.165, 1.54) is 27.8 Å². The van der Waals surface area contributed by atoms with Crippen LogP contribution >= 0.6 is 0 Å². The van der Waals surface area contributed by atoms with Gasteiger partial charge in [0.25, 0.3) is 0 Å². The molecule has 0 saturated heterocycles. The van der Waals surface area contributed by atoms with Crippen molar-refractivity contribution in [3.63, 3.8) is 0 Å². The maximum absolute atomic E-state index is 4.54. The van der Waals surface area contributed by atoms with Gasteiger partial charge in [-0.05, 0) is 57.6 Å². The molecule has 0 spiro atoms. The van der Waals surface area contributed by atoms with Gasteiger partial charge in [0.2, 0.25) is 0 Å². The van der Waals surface area contributed by atoms with Crippen LogP contribution in [0, 0.1) is 12.1 Å². The van der Waals surface area contributed by atoms with E-state index in [0.29, 0.717) is 5.92 Å². The number of nitrogens with zero attached hydrogens (tertiary/aromatic N) is 2. The molecule has 1 radical (unpaired) electrons. The van der Waals surface area contributed by atoms with E-state index in [1.54, 1.807) is 0 Å². The van der Waals surface area contributed by atoms with E-state index in [2.05, 4.69) is 141 Å². The van der Waals surface area contributed by atoms with Crippen molar-refractivity contribution in [3.8, 4) is 22.5 Å². The van der Waals surface area contributed by atoms with Gasteiger partial charge in [-0.15, -0.1) is 71.3 Å². The van der Waals surface area contributed by atoms with Gasteiger partial charge in [0, 0.05) is 38.4 Å². The van der Waals surface area contributed by atoms with E-state index in [1.807, 2.05) is 48.8 Å². The molecule has 3 heteroatoms.